The zero-order valence-corrected chi connectivity index (χ0v) is 14.5. The van der Waals surface area contributed by atoms with Crippen LogP contribution in [-0.4, -0.2) is 42.5 Å². The van der Waals surface area contributed by atoms with Crippen LogP contribution in [0.25, 0.3) is 0 Å². The van der Waals surface area contributed by atoms with Crippen molar-refractivity contribution in [2.45, 2.75) is 25.5 Å². The van der Waals surface area contributed by atoms with Crippen molar-refractivity contribution in [2.24, 2.45) is 0 Å². The van der Waals surface area contributed by atoms with Crippen molar-refractivity contribution in [3.8, 4) is 5.75 Å². The van der Waals surface area contributed by atoms with Gasteiger partial charge in [0.1, 0.15) is 5.75 Å². The summed E-state index contributed by atoms with van der Waals surface area (Å²) < 4.78 is 5.15. The quantitative estimate of drug-likeness (QED) is 0.756. The molecule has 0 bridgehead atoms. The van der Waals surface area contributed by atoms with Crippen LogP contribution >= 0.6 is 0 Å². The van der Waals surface area contributed by atoms with Crippen molar-refractivity contribution < 1.29 is 14.6 Å². The molecule has 2 atom stereocenters. The van der Waals surface area contributed by atoms with Crippen LogP contribution in [0.5, 0.6) is 5.75 Å². The molecule has 1 N–H and O–H groups in total. The highest BCUT2D eigenvalue weighted by Crippen LogP contribution is 2.20. The number of carbonyl (C=O) groups excluding carboxylic acids is 1. The molecule has 0 aliphatic rings. The van der Waals surface area contributed by atoms with Gasteiger partial charge in [-0.25, -0.2) is 0 Å². The SMILES string of the molecule is COc1cccc(C(=O)CCN(C)C(C)C(O)c2ccccc2)c1. The Morgan fingerprint density at radius 1 is 1.17 bits per heavy atom. The average Bonchev–Trinajstić information content (AvgIpc) is 2.65. The normalized spacial score (nSPS) is 13.5. The Labute approximate surface area is 143 Å². The van der Waals surface area contributed by atoms with Gasteiger partial charge in [0.2, 0.25) is 0 Å². The first kappa shape index (κ1) is 18.2. The van der Waals surface area contributed by atoms with Crippen LogP contribution in [-0.2, 0) is 0 Å². The highest BCUT2D eigenvalue weighted by molar-refractivity contribution is 5.96. The van der Waals surface area contributed by atoms with Crippen molar-refractivity contribution in [3.63, 3.8) is 0 Å². The first-order valence-electron chi connectivity index (χ1n) is 8.13. The molecule has 24 heavy (non-hydrogen) atoms. The molecule has 4 nitrogen and oxygen atoms in total. The number of ketones is 1. The number of ether oxygens (including phenoxy) is 1. The van der Waals surface area contributed by atoms with Crippen LogP contribution < -0.4 is 4.74 Å². The molecule has 4 heteroatoms. The topological polar surface area (TPSA) is 49.8 Å². The highest BCUT2D eigenvalue weighted by Gasteiger charge is 2.21. The third-order valence-corrected chi connectivity index (χ3v) is 4.38. The summed E-state index contributed by atoms with van der Waals surface area (Å²) in [6, 6.07) is 16.7. The van der Waals surface area contributed by atoms with Crippen molar-refractivity contribution in [3.05, 3.63) is 65.7 Å². The lowest BCUT2D eigenvalue weighted by Gasteiger charge is -2.29. The number of aliphatic hydroxyl groups excluding tert-OH is 1. The van der Waals surface area contributed by atoms with E-state index in [2.05, 4.69) is 0 Å². The third-order valence-electron chi connectivity index (χ3n) is 4.38. The molecule has 2 aromatic carbocycles. The number of hydrogen-bond acceptors (Lipinski definition) is 4. The lowest BCUT2D eigenvalue weighted by Crippen LogP contribution is -2.35. The van der Waals surface area contributed by atoms with Crippen LogP contribution in [0.3, 0.4) is 0 Å². The van der Waals surface area contributed by atoms with Gasteiger partial charge < -0.3 is 14.7 Å². The number of likely N-dealkylation sites (N-methyl/N-ethyl adjacent to an activating group) is 1. The summed E-state index contributed by atoms with van der Waals surface area (Å²) >= 11 is 0. The van der Waals surface area contributed by atoms with Gasteiger partial charge in [-0.1, -0.05) is 42.5 Å². The summed E-state index contributed by atoms with van der Waals surface area (Å²) in [6.07, 6.45) is -0.182. The fraction of sp³-hybridized carbons (Fsp3) is 0.350. The zero-order chi connectivity index (χ0) is 17.5. The van der Waals surface area contributed by atoms with Gasteiger partial charge in [0, 0.05) is 24.6 Å². The van der Waals surface area contributed by atoms with Gasteiger partial charge >= 0.3 is 0 Å². The molecule has 0 aliphatic carbocycles. The van der Waals surface area contributed by atoms with Crippen LogP contribution in [0.2, 0.25) is 0 Å². The summed E-state index contributed by atoms with van der Waals surface area (Å²) in [5, 5.41) is 10.5. The van der Waals surface area contributed by atoms with E-state index in [0.717, 1.165) is 5.56 Å². The van der Waals surface area contributed by atoms with Gasteiger partial charge in [-0.3, -0.25) is 4.79 Å². The van der Waals surface area contributed by atoms with Crippen molar-refractivity contribution in [1.82, 2.24) is 4.90 Å². The molecular weight excluding hydrogens is 302 g/mol. The summed E-state index contributed by atoms with van der Waals surface area (Å²) in [6.45, 7) is 2.55. The summed E-state index contributed by atoms with van der Waals surface area (Å²) in [7, 11) is 3.51. The van der Waals surface area contributed by atoms with Gasteiger partial charge in [-0.15, -0.1) is 0 Å². The van der Waals surface area contributed by atoms with Crippen LogP contribution in [0.4, 0.5) is 0 Å². The molecule has 0 saturated heterocycles. The first-order chi connectivity index (χ1) is 11.5. The van der Waals surface area contributed by atoms with E-state index in [1.807, 2.05) is 61.3 Å². The number of hydrogen-bond donors (Lipinski definition) is 1. The number of nitrogens with zero attached hydrogens (tertiary/aromatic N) is 1. The van der Waals surface area contributed by atoms with Crippen molar-refractivity contribution in [2.75, 3.05) is 20.7 Å². The second-order valence-electron chi connectivity index (χ2n) is 5.98. The number of methoxy groups -OCH3 is 1. The summed E-state index contributed by atoms with van der Waals surface area (Å²) in [5.41, 5.74) is 1.54. The van der Waals surface area contributed by atoms with E-state index in [0.29, 0.717) is 24.3 Å². The molecule has 0 saturated carbocycles. The Bertz CT molecular complexity index is 657. The van der Waals surface area contributed by atoms with Crippen LogP contribution in [0.1, 0.15) is 35.4 Å². The van der Waals surface area contributed by atoms with Gasteiger partial charge in [-0.05, 0) is 31.7 Å². The molecule has 0 fully saturated rings. The largest absolute Gasteiger partial charge is 0.497 e. The fourth-order valence-electron chi connectivity index (χ4n) is 2.59. The fourth-order valence-corrected chi connectivity index (χ4v) is 2.59. The standard InChI is InChI=1S/C20H25NO3/c1-15(20(23)16-8-5-4-6-9-16)21(2)13-12-19(22)17-10-7-11-18(14-17)24-3/h4-11,14-15,20,23H,12-13H2,1-3H3. The molecule has 0 aliphatic heterocycles. The summed E-state index contributed by atoms with van der Waals surface area (Å²) in [4.78, 5) is 14.3. The van der Waals surface area contributed by atoms with E-state index >= 15 is 0 Å². The smallest absolute Gasteiger partial charge is 0.164 e. The maximum atomic E-state index is 12.3. The lowest BCUT2D eigenvalue weighted by atomic mass is 10.0. The number of Topliss-reactive ketones (excluding diaryl/α,β-unsaturated/α-hetero) is 1. The number of benzene rings is 2. The van der Waals surface area contributed by atoms with E-state index in [-0.39, 0.29) is 11.8 Å². The molecular formula is C20H25NO3. The minimum atomic E-state index is -0.580. The van der Waals surface area contributed by atoms with E-state index in [4.69, 9.17) is 4.74 Å². The Morgan fingerprint density at radius 3 is 2.54 bits per heavy atom. The van der Waals surface area contributed by atoms with Gasteiger partial charge in [-0.2, -0.15) is 0 Å². The molecule has 0 amide bonds. The predicted molar refractivity (Wildman–Crippen MR) is 95.4 cm³/mol. The summed E-state index contributed by atoms with van der Waals surface area (Å²) in [5.74, 6) is 0.754. The van der Waals surface area contributed by atoms with E-state index in [1.54, 1.807) is 19.2 Å². The highest BCUT2D eigenvalue weighted by atomic mass is 16.5. The lowest BCUT2D eigenvalue weighted by molar-refractivity contribution is 0.0688. The molecule has 128 valence electrons. The van der Waals surface area contributed by atoms with E-state index in [9.17, 15) is 9.90 Å². The van der Waals surface area contributed by atoms with Crippen LogP contribution in [0, 0.1) is 0 Å². The molecule has 0 heterocycles. The number of carbonyl (C=O) groups is 1. The van der Waals surface area contributed by atoms with Gasteiger partial charge in [0.05, 0.1) is 13.2 Å². The van der Waals surface area contributed by atoms with E-state index < -0.39 is 6.10 Å². The monoisotopic (exact) mass is 327 g/mol. The van der Waals surface area contributed by atoms with Crippen molar-refractivity contribution in [1.29, 1.82) is 0 Å². The second kappa shape index (κ2) is 8.62. The zero-order valence-electron chi connectivity index (χ0n) is 14.5. The average molecular weight is 327 g/mol. The Hall–Kier alpha value is -2.17. The maximum absolute atomic E-state index is 12.3. The molecule has 0 spiro atoms. The molecule has 0 radical (unpaired) electrons. The third kappa shape index (κ3) is 4.66. The Balaban J connectivity index is 1.92. The number of rotatable bonds is 8. The number of aliphatic hydroxyl groups is 1. The Kier molecular flexibility index (Phi) is 6.53. The first-order valence-corrected chi connectivity index (χ1v) is 8.13. The minimum Gasteiger partial charge on any atom is -0.497 e. The van der Waals surface area contributed by atoms with E-state index in [1.165, 1.54) is 0 Å². The molecule has 0 aromatic heterocycles. The van der Waals surface area contributed by atoms with Crippen LogP contribution in [0.15, 0.2) is 54.6 Å². The minimum absolute atomic E-state index is 0.0714. The van der Waals surface area contributed by atoms with Gasteiger partial charge in [0.15, 0.2) is 5.78 Å². The van der Waals surface area contributed by atoms with Crippen molar-refractivity contribution >= 4 is 5.78 Å². The molecule has 2 aromatic rings. The van der Waals surface area contributed by atoms with Gasteiger partial charge in [0.25, 0.3) is 0 Å². The maximum Gasteiger partial charge on any atom is 0.164 e. The predicted octanol–water partition coefficient (Wildman–Crippen LogP) is 3.32. The molecule has 2 rings (SSSR count). The second-order valence-corrected chi connectivity index (χ2v) is 5.98. The Morgan fingerprint density at radius 2 is 1.88 bits per heavy atom. The molecule has 2 unspecified atom stereocenters.